The number of nitriles is 1. The zero-order valence-corrected chi connectivity index (χ0v) is 18.0. The van der Waals surface area contributed by atoms with Gasteiger partial charge in [-0.2, -0.15) is 5.26 Å². The zero-order valence-electron chi connectivity index (χ0n) is 18.0. The summed E-state index contributed by atoms with van der Waals surface area (Å²) in [6, 6.07) is 14.0. The number of hydrogen-bond donors (Lipinski definition) is 0. The van der Waals surface area contributed by atoms with Crippen molar-refractivity contribution in [1.29, 1.82) is 5.26 Å². The summed E-state index contributed by atoms with van der Waals surface area (Å²) in [7, 11) is 0. The molecule has 1 fully saturated rings. The number of rotatable bonds is 3. The van der Waals surface area contributed by atoms with Crippen molar-refractivity contribution >= 4 is 5.91 Å². The molecule has 1 amide bonds. The third kappa shape index (κ3) is 2.83. The van der Waals surface area contributed by atoms with E-state index >= 15 is 0 Å². The SMILES string of the molecule is Cc1ccc2c(c1)C(=O)N(C1C(C)(C)C(Oc3ccc(C#N)c(C)c3)C1(C)C)C2. The molecular formula is C25H28N2O2. The van der Waals surface area contributed by atoms with Crippen LogP contribution in [0.5, 0.6) is 5.75 Å². The van der Waals surface area contributed by atoms with Crippen molar-refractivity contribution in [3.8, 4) is 11.8 Å². The van der Waals surface area contributed by atoms with Crippen LogP contribution in [0.1, 0.15) is 60.3 Å². The van der Waals surface area contributed by atoms with E-state index < -0.39 is 0 Å². The summed E-state index contributed by atoms with van der Waals surface area (Å²) in [5, 5.41) is 9.16. The summed E-state index contributed by atoms with van der Waals surface area (Å²) < 4.78 is 6.44. The number of amides is 1. The Bertz CT molecular complexity index is 1030. The average molecular weight is 389 g/mol. The average Bonchev–Trinajstić information content (AvgIpc) is 2.95. The molecule has 0 spiro atoms. The summed E-state index contributed by atoms with van der Waals surface area (Å²) >= 11 is 0. The standard InChI is InChI=1S/C25H28N2O2/c1-15-7-8-18-14-27(21(28)20(18)11-15)22-24(3,4)23(25(22,5)6)29-19-10-9-17(13-26)16(2)12-19/h7-12,22-23H,14H2,1-6H3. The maximum Gasteiger partial charge on any atom is 0.254 e. The first-order valence-corrected chi connectivity index (χ1v) is 10.1. The Morgan fingerprint density at radius 1 is 1.07 bits per heavy atom. The van der Waals surface area contributed by atoms with E-state index in [1.54, 1.807) is 0 Å². The molecule has 1 saturated carbocycles. The van der Waals surface area contributed by atoms with Gasteiger partial charge in [0.1, 0.15) is 11.9 Å². The summed E-state index contributed by atoms with van der Waals surface area (Å²) in [5.41, 5.74) is 4.25. The second kappa shape index (κ2) is 6.35. The van der Waals surface area contributed by atoms with Gasteiger partial charge in [-0.15, -0.1) is 0 Å². The molecule has 1 heterocycles. The van der Waals surface area contributed by atoms with Crippen molar-refractivity contribution in [2.24, 2.45) is 10.8 Å². The Kier molecular flexibility index (Phi) is 4.27. The Morgan fingerprint density at radius 2 is 1.76 bits per heavy atom. The number of hydrogen-bond acceptors (Lipinski definition) is 3. The molecule has 4 nitrogen and oxygen atoms in total. The minimum Gasteiger partial charge on any atom is -0.489 e. The summed E-state index contributed by atoms with van der Waals surface area (Å²) in [6.45, 7) is 13.4. The fraction of sp³-hybridized carbons (Fsp3) is 0.440. The van der Waals surface area contributed by atoms with Crippen molar-refractivity contribution in [3.05, 3.63) is 64.2 Å². The number of nitrogens with zero attached hydrogens (tertiary/aromatic N) is 2. The lowest BCUT2D eigenvalue weighted by Crippen LogP contribution is -2.74. The fourth-order valence-electron chi connectivity index (χ4n) is 5.83. The predicted octanol–water partition coefficient (Wildman–Crippen LogP) is 5.01. The molecule has 150 valence electrons. The molecule has 2 aliphatic rings. The molecule has 1 aliphatic heterocycles. The molecule has 0 radical (unpaired) electrons. The van der Waals surface area contributed by atoms with Gasteiger partial charge in [0.2, 0.25) is 0 Å². The number of benzene rings is 2. The van der Waals surface area contributed by atoms with Gasteiger partial charge in [0.25, 0.3) is 5.91 Å². The molecular weight excluding hydrogens is 360 g/mol. The van der Waals surface area contributed by atoms with E-state index in [4.69, 9.17) is 10.00 Å². The third-order valence-electron chi connectivity index (χ3n) is 6.74. The normalized spacial score (nSPS) is 23.9. The van der Waals surface area contributed by atoms with Crippen LogP contribution in [-0.2, 0) is 6.54 Å². The van der Waals surface area contributed by atoms with Crippen LogP contribution in [0.25, 0.3) is 0 Å². The molecule has 29 heavy (non-hydrogen) atoms. The van der Waals surface area contributed by atoms with E-state index in [1.165, 1.54) is 0 Å². The van der Waals surface area contributed by atoms with Gasteiger partial charge in [0.05, 0.1) is 11.6 Å². The van der Waals surface area contributed by atoms with Crippen LogP contribution in [0.3, 0.4) is 0 Å². The topological polar surface area (TPSA) is 53.3 Å². The van der Waals surface area contributed by atoms with Crippen molar-refractivity contribution in [1.82, 2.24) is 4.90 Å². The third-order valence-corrected chi connectivity index (χ3v) is 6.74. The highest BCUT2D eigenvalue weighted by Gasteiger charge is 2.66. The van der Waals surface area contributed by atoms with Gasteiger partial charge >= 0.3 is 0 Å². The van der Waals surface area contributed by atoms with Crippen LogP contribution in [0, 0.1) is 36.0 Å². The van der Waals surface area contributed by atoms with E-state index in [1.807, 2.05) is 43.0 Å². The molecule has 4 rings (SSSR count). The maximum absolute atomic E-state index is 13.2. The van der Waals surface area contributed by atoms with Crippen LogP contribution in [-0.4, -0.2) is 23.0 Å². The number of fused-ring (bicyclic) bond motifs is 1. The van der Waals surface area contributed by atoms with Gasteiger partial charge in [0, 0.05) is 29.0 Å². The molecule has 0 atom stereocenters. The Morgan fingerprint density at radius 3 is 2.38 bits per heavy atom. The van der Waals surface area contributed by atoms with Crippen LogP contribution in [0.2, 0.25) is 0 Å². The van der Waals surface area contributed by atoms with Crippen LogP contribution >= 0.6 is 0 Å². The second-order valence-electron chi connectivity index (χ2n) is 9.73. The first-order valence-electron chi connectivity index (χ1n) is 10.1. The predicted molar refractivity (Wildman–Crippen MR) is 113 cm³/mol. The lowest BCUT2D eigenvalue weighted by molar-refractivity contribution is -0.199. The van der Waals surface area contributed by atoms with E-state index in [0.29, 0.717) is 12.1 Å². The molecule has 4 heteroatoms. The molecule has 0 N–H and O–H groups in total. The summed E-state index contributed by atoms with van der Waals surface area (Å²) in [5.74, 6) is 0.903. The smallest absolute Gasteiger partial charge is 0.254 e. The highest BCUT2D eigenvalue weighted by Crippen LogP contribution is 2.59. The molecule has 0 bridgehead atoms. The Balaban J connectivity index is 1.60. The van der Waals surface area contributed by atoms with E-state index in [2.05, 4.69) is 45.9 Å². The van der Waals surface area contributed by atoms with Crippen molar-refractivity contribution < 1.29 is 9.53 Å². The van der Waals surface area contributed by atoms with E-state index in [0.717, 1.165) is 28.0 Å². The Hall–Kier alpha value is -2.80. The van der Waals surface area contributed by atoms with Gasteiger partial charge in [-0.3, -0.25) is 4.79 Å². The number of carbonyl (C=O) groups is 1. The largest absolute Gasteiger partial charge is 0.489 e. The van der Waals surface area contributed by atoms with Crippen LogP contribution in [0.4, 0.5) is 0 Å². The van der Waals surface area contributed by atoms with Crippen LogP contribution < -0.4 is 4.74 Å². The van der Waals surface area contributed by atoms with Gasteiger partial charge < -0.3 is 9.64 Å². The minimum atomic E-state index is -0.196. The number of ether oxygens (including phenoxy) is 1. The van der Waals surface area contributed by atoms with Crippen molar-refractivity contribution in [2.45, 2.75) is 60.2 Å². The van der Waals surface area contributed by atoms with Gasteiger partial charge in [-0.05, 0) is 49.2 Å². The lowest BCUT2D eigenvalue weighted by atomic mass is 9.49. The Labute approximate surface area is 173 Å². The molecule has 0 aromatic heterocycles. The second-order valence-corrected chi connectivity index (χ2v) is 9.73. The molecule has 1 aliphatic carbocycles. The van der Waals surface area contributed by atoms with Gasteiger partial charge in [-0.1, -0.05) is 45.4 Å². The molecule has 0 saturated heterocycles. The van der Waals surface area contributed by atoms with Crippen molar-refractivity contribution in [3.63, 3.8) is 0 Å². The highest BCUT2D eigenvalue weighted by atomic mass is 16.5. The molecule has 2 aromatic rings. The molecule has 2 aromatic carbocycles. The monoisotopic (exact) mass is 388 g/mol. The van der Waals surface area contributed by atoms with Crippen LogP contribution in [0.15, 0.2) is 36.4 Å². The molecule has 0 unspecified atom stereocenters. The minimum absolute atomic E-state index is 0.0365. The quantitative estimate of drug-likeness (QED) is 0.742. The summed E-state index contributed by atoms with van der Waals surface area (Å²) in [6.07, 6.45) is -0.0365. The fourth-order valence-corrected chi connectivity index (χ4v) is 5.83. The highest BCUT2D eigenvalue weighted by molar-refractivity contribution is 5.99. The first-order chi connectivity index (χ1) is 13.6. The van der Waals surface area contributed by atoms with E-state index in [9.17, 15) is 4.79 Å². The number of aryl methyl sites for hydroxylation is 2. The maximum atomic E-state index is 13.2. The lowest BCUT2D eigenvalue weighted by Gasteiger charge is -2.65. The zero-order chi connectivity index (χ0) is 21.1. The summed E-state index contributed by atoms with van der Waals surface area (Å²) in [4.78, 5) is 15.2. The van der Waals surface area contributed by atoms with E-state index in [-0.39, 0.29) is 28.9 Å². The van der Waals surface area contributed by atoms with Crippen molar-refractivity contribution in [2.75, 3.05) is 0 Å². The van der Waals surface area contributed by atoms with Gasteiger partial charge in [0.15, 0.2) is 0 Å². The van der Waals surface area contributed by atoms with Gasteiger partial charge in [-0.25, -0.2) is 0 Å². The first kappa shape index (κ1) is 19.5. The number of carbonyl (C=O) groups excluding carboxylic acids is 1.